The summed E-state index contributed by atoms with van der Waals surface area (Å²) in [4.78, 5) is 10.8. The molecular formula is C32H50O7. The molecule has 2 N–H and O–H groups in total. The number of rotatable bonds is 14. The molecule has 2 saturated heterocycles. The molecule has 0 bridgehead atoms. The van der Waals surface area contributed by atoms with Gasteiger partial charge in [0.1, 0.15) is 0 Å². The standard InChI is InChI=1S/C32H50O7/c1-4-5-20-32(2,3)28(39-31-17-11-13-22-37-31)19-18-25-24(14-8-6-7-9-15-29(34)35)26(33)23-27(25)38-30-16-10-12-21-36-30/h6,8,18-19,24-28,30-31,33H,7,9-17,20-23H2,1-3H3,(H,34,35)/t24-,25-,26+,27-,28-,30?,31?/m1/s1. The minimum atomic E-state index is -0.770. The zero-order valence-electron chi connectivity index (χ0n) is 24.2. The second-order valence-electron chi connectivity index (χ2n) is 11.8. The minimum absolute atomic E-state index is 0.000583. The van der Waals surface area contributed by atoms with Crippen LogP contribution in [0.3, 0.4) is 0 Å². The third-order valence-corrected chi connectivity index (χ3v) is 8.13. The van der Waals surface area contributed by atoms with E-state index in [0.717, 1.165) is 51.6 Å². The van der Waals surface area contributed by atoms with Gasteiger partial charge in [-0.2, -0.15) is 0 Å². The van der Waals surface area contributed by atoms with Crippen molar-refractivity contribution < 1.29 is 34.0 Å². The van der Waals surface area contributed by atoms with E-state index in [1.807, 2.05) is 13.0 Å². The lowest BCUT2D eigenvalue weighted by Gasteiger charge is -2.35. The number of aliphatic carboxylic acids is 1. The molecule has 0 aromatic carbocycles. The van der Waals surface area contributed by atoms with Crippen LogP contribution in [-0.2, 0) is 23.7 Å². The van der Waals surface area contributed by atoms with E-state index >= 15 is 0 Å². The summed E-state index contributed by atoms with van der Waals surface area (Å²) < 4.78 is 24.8. The second-order valence-corrected chi connectivity index (χ2v) is 11.8. The van der Waals surface area contributed by atoms with E-state index in [1.165, 1.54) is 0 Å². The Labute approximate surface area is 235 Å². The summed E-state index contributed by atoms with van der Waals surface area (Å²) in [5.41, 5.74) is -0.222. The number of aliphatic hydroxyl groups is 1. The maximum atomic E-state index is 11.1. The van der Waals surface area contributed by atoms with Crippen LogP contribution in [0, 0.1) is 29.1 Å². The number of carboxylic acid groups (broad SMARTS) is 1. The van der Waals surface area contributed by atoms with Gasteiger partial charge in [0, 0.05) is 43.8 Å². The normalized spacial score (nSPS) is 30.9. The van der Waals surface area contributed by atoms with Crippen LogP contribution >= 0.6 is 0 Å². The number of carbonyl (C=O) groups is 1. The number of ether oxygens (including phenoxy) is 4. The molecule has 7 nitrogen and oxygen atoms in total. The summed E-state index contributed by atoms with van der Waals surface area (Å²) in [6, 6.07) is 0. The van der Waals surface area contributed by atoms with Crippen LogP contribution in [0.15, 0.2) is 24.3 Å². The lowest BCUT2D eigenvalue weighted by Crippen LogP contribution is -2.36. The highest BCUT2D eigenvalue weighted by molar-refractivity contribution is 5.66. The van der Waals surface area contributed by atoms with Gasteiger partial charge in [0.05, 0.1) is 18.3 Å². The first-order valence-electron chi connectivity index (χ1n) is 15.0. The maximum Gasteiger partial charge on any atom is 0.303 e. The maximum absolute atomic E-state index is 11.1. The molecule has 39 heavy (non-hydrogen) atoms. The van der Waals surface area contributed by atoms with Crippen molar-refractivity contribution in [3.63, 3.8) is 0 Å². The fraction of sp³-hybridized carbons (Fsp3) is 0.781. The fourth-order valence-electron chi connectivity index (χ4n) is 5.70. The Morgan fingerprint density at radius 3 is 2.46 bits per heavy atom. The summed E-state index contributed by atoms with van der Waals surface area (Å²) in [6.45, 7) is 7.66. The highest BCUT2D eigenvalue weighted by Crippen LogP contribution is 2.40. The predicted molar refractivity (Wildman–Crippen MR) is 151 cm³/mol. The van der Waals surface area contributed by atoms with E-state index in [4.69, 9.17) is 24.1 Å². The Bertz CT molecular complexity index is 842. The molecule has 0 spiro atoms. The summed E-state index contributed by atoms with van der Waals surface area (Å²) in [5, 5.41) is 20.0. The molecule has 0 amide bonds. The lowest BCUT2D eigenvalue weighted by molar-refractivity contribution is -0.197. The average Bonchev–Trinajstić information content (AvgIpc) is 3.21. The molecule has 2 heterocycles. The van der Waals surface area contributed by atoms with E-state index in [2.05, 4.69) is 43.9 Å². The topological polar surface area (TPSA) is 94.5 Å². The van der Waals surface area contributed by atoms with Crippen LogP contribution in [-0.4, -0.2) is 60.3 Å². The fourth-order valence-corrected chi connectivity index (χ4v) is 5.70. The Morgan fingerprint density at radius 1 is 1.10 bits per heavy atom. The molecule has 0 aromatic heterocycles. The monoisotopic (exact) mass is 546 g/mol. The molecule has 2 unspecified atom stereocenters. The molecule has 1 saturated carbocycles. The van der Waals surface area contributed by atoms with Crippen LogP contribution in [0.1, 0.15) is 97.8 Å². The van der Waals surface area contributed by atoms with E-state index in [-0.39, 0.29) is 48.5 Å². The third kappa shape index (κ3) is 10.7. The molecule has 3 rings (SSSR count). The van der Waals surface area contributed by atoms with E-state index in [1.54, 1.807) is 0 Å². The summed E-state index contributed by atoms with van der Waals surface area (Å²) in [5.74, 6) is 5.48. The van der Waals surface area contributed by atoms with Gasteiger partial charge in [-0.3, -0.25) is 4.79 Å². The SMILES string of the molecule is CC#CCC(C)(C)[C@@H](C=C[C@@H]1[C@@H](CC=CCCCC(=O)O)[C@@H](O)C[C@H]1OC1CCCCO1)OC1CCCCO1. The molecule has 1 aliphatic carbocycles. The van der Waals surface area contributed by atoms with Crippen molar-refractivity contribution in [1.29, 1.82) is 0 Å². The summed E-state index contributed by atoms with van der Waals surface area (Å²) >= 11 is 0. The smallest absolute Gasteiger partial charge is 0.303 e. The van der Waals surface area contributed by atoms with Gasteiger partial charge in [-0.25, -0.2) is 0 Å². The second kappa shape index (κ2) is 16.5. The van der Waals surface area contributed by atoms with Crippen molar-refractivity contribution in [1.82, 2.24) is 0 Å². The van der Waals surface area contributed by atoms with Crippen molar-refractivity contribution >= 4 is 5.97 Å². The summed E-state index contributed by atoms with van der Waals surface area (Å²) in [6.07, 6.45) is 16.8. The average molecular weight is 547 g/mol. The number of aliphatic hydroxyl groups excluding tert-OH is 1. The summed E-state index contributed by atoms with van der Waals surface area (Å²) in [7, 11) is 0. The zero-order chi connectivity index (χ0) is 28.1. The first-order chi connectivity index (χ1) is 18.8. The van der Waals surface area contributed by atoms with Crippen molar-refractivity contribution in [2.45, 2.75) is 129 Å². The molecule has 7 atom stereocenters. The van der Waals surface area contributed by atoms with Crippen LogP contribution in [0.2, 0.25) is 0 Å². The molecular weight excluding hydrogens is 496 g/mol. The largest absolute Gasteiger partial charge is 0.481 e. The van der Waals surface area contributed by atoms with Gasteiger partial charge in [-0.15, -0.1) is 11.8 Å². The molecule has 0 radical (unpaired) electrons. The van der Waals surface area contributed by atoms with Crippen molar-refractivity contribution in [3.05, 3.63) is 24.3 Å². The molecule has 7 heteroatoms. The number of allylic oxidation sites excluding steroid dienone is 2. The molecule has 3 aliphatic rings. The zero-order valence-corrected chi connectivity index (χ0v) is 24.2. The molecule has 3 fully saturated rings. The van der Waals surface area contributed by atoms with Crippen LogP contribution in [0.4, 0.5) is 0 Å². The first kappa shape index (κ1) is 31.8. The minimum Gasteiger partial charge on any atom is -0.481 e. The number of hydrogen-bond acceptors (Lipinski definition) is 6. The van der Waals surface area contributed by atoms with E-state index in [0.29, 0.717) is 32.3 Å². The van der Waals surface area contributed by atoms with Crippen LogP contribution in [0.5, 0.6) is 0 Å². The first-order valence-corrected chi connectivity index (χ1v) is 15.0. The van der Waals surface area contributed by atoms with Gasteiger partial charge in [-0.1, -0.05) is 38.2 Å². The highest BCUT2D eigenvalue weighted by atomic mass is 16.7. The highest BCUT2D eigenvalue weighted by Gasteiger charge is 2.43. The predicted octanol–water partition coefficient (Wildman–Crippen LogP) is 6.00. The van der Waals surface area contributed by atoms with Crippen molar-refractivity contribution in [2.24, 2.45) is 17.3 Å². The van der Waals surface area contributed by atoms with E-state index in [9.17, 15) is 9.90 Å². The van der Waals surface area contributed by atoms with Crippen LogP contribution < -0.4 is 0 Å². The Kier molecular flexibility index (Phi) is 13.5. The van der Waals surface area contributed by atoms with Gasteiger partial charge < -0.3 is 29.2 Å². The van der Waals surface area contributed by atoms with Gasteiger partial charge in [0.15, 0.2) is 12.6 Å². The van der Waals surface area contributed by atoms with Gasteiger partial charge >= 0.3 is 5.97 Å². The van der Waals surface area contributed by atoms with Crippen LogP contribution in [0.25, 0.3) is 0 Å². The molecule has 220 valence electrons. The van der Waals surface area contributed by atoms with E-state index < -0.39 is 12.1 Å². The lowest BCUT2D eigenvalue weighted by atomic mass is 9.81. The van der Waals surface area contributed by atoms with Crippen molar-refractivity contribution in [3.8, 4) is 11.8 Å². The Hall–Kier alpha value is -1.69. The van der Waals surface area contributed by atoms with Crippen molar-refractivity contribution in [2.75, 3.05) is 13.2 Å². The van der Waals surface area contributed by atoms with Gasteiger partial charge in [-0.05, 0) is 70.6 Å². The third-order valence-electron chi connectivity index (χ3n) is 8.13. The molecule has 0 aromatic rings. The number of carboxylic acids is 1. The van der Waals surface area contributed by atoms with Gasteiger partial charge in [0.2, 0.25) is 0 Å². The number of unbranched alkanes of at least 4 members (excludes halogenated alkanes) is 1. The van der Waals surface area contributed by atoms with Gasteiger partial charge in [0.25, 0.3) is 0 Å². The quantitative estimate of drug-likeness (QED) is 0.157. The molecule has 2 aliphatic heterocycles. The number of hydrogen-bond donors (Lipinski definition) is 2. The Balaban J connectivity index is 1.77. The Morgan fingerprint density at radius 2 is 1.82 bits per heavy atom.